The predicted octanol–water partition coefficient (Wildman–Crippen LogP) is 15.8. The van der Waals surface area contributed by atoms with Gasteiger partial charge in [-0.15, -0.1) is 0 Å². The van der Waals surface area contributed by atoms with E-state index in [1.165, 1.54) is 161 Å². The Kier molecular flexibility index (Phi) is 41.8. The molecule has 0 saturated heterocycles. The first-order valence-corrected chi connectivity index (χ1v) is 24.7. The van der Waals surface area contributed by atoms with Gasteiger partial charge in [0.1, 0.15) is 13.2 Å². The Hall–Kier alpha value is -1.59. The molecule has 0 aliphatic carbocycles. The van der Waals surface area contributed by atoms with Crippen LogP contribution in [-0.4, -0.2) is 37.2 Å². The number of carbonyl (C=O) groups excluding carboxylic acids is 3. The molecular formula is C50H96O6. The number of hydrogen-bond acceptors (Lipinski definition) is 6. The molecule has 0 fully saturated rings. The maximum absolute atomic E-state index is 12.7. The quantitative estimate of drug-likeness (QED) is 0.0347. The largest absolute Gasteiger partial charge is 0.462 e. The van der Waals surface area contributed by atoms with Gasteiger partial charge in [-0.3, -0.25) is 14.4 Å². The summed E-state index contributed by atoms with van der Waals surface area (Å²) in [6, 6.07) is 0. The third-order valence-electron chi connectivity index (χ3n) is 11.2. The molecule has 0 bridgehead atoms. The molecule has 0 rings (SSSR count). The third-order valence-corrected chi connectivity index (χ3v) is 11.2. The van der Waals surface area contributed by atoms with Crippen molar-refractivity contribution >= 4 is 17.9 Å². The monoisotopic (exact) mass is 793 g/mol. The van der Waals surface area contributed by atoms with Crippen LogP contribution < -0.4 is 0 Å². The topological polar surface area (TPSA) is 78.9 Å². The lowest BCUT2D eigenvalue weighted by Crippen LogP contribution is -2.30. The molecule has 6 heteroatoms. The fourth-order valence-corrected chi connectivity index (χ4v) is 7.46. The Bertz CT molecular complexity index is 854. The lowest BCUT2D eigenvalue weighted by atomic mass is 10.0. The van der Waals surface area contributed by atoms with Crippen LogP contribution in [-0.2, 0) is 28.6 Å². The zero-order valence-electron chi connectivity index (χ0n) is 38.3. The number of ether oxygens (including phenoxy) is 3. The normalized spacial score (nSPS) is 12.1. The first-order valence-electron chi connectivity index (χ1n) is 24.7. The highest BCUT2D eigenvalue weighted by Gasteiger charge is 2.19. The molecule has 6 nitrogen and oxygen atoms in total. The number of carbonyl (C=O) groups is 3. The minimum absolute atomic E-state index is 0.0642. The molecule has 0 amide bonds. The summed E-state index contributed by atoms with van der Waals surface area (Å²) in [6.45, 7) is 11.3. The van der Waals surface area contributed by atoms with Gasteiger partial charge in [0.25, 0.3) is 0 Å². The molecule has 0 heterocycles. The second-order valence-corrected chi connectivity index (χ2v) is 18.1. The van der Waals surface area contributed by atoms with Crippen molar-refractivity contribution in [2.24, 2.45) is 11.8 Å². The first kappa shape index (κ1) is 54.4. The van der Waals surface area contributed by atoms with Gasteiger partial charge in [-0.1, -0.05) is 234 Å². The van der Waals surface area contributed by atoms with Crippen LogP contribution in [0.25, 0.3) is 0 Å². The van der Waals surface area contributed by atoms with Crippen molar-refractivity contribution in [3.8, 4) is 0 Å². The van der Waals surface area contributed by atoms with Crippen LogP contribution in [0.2, 0.25) is 0 Å². The van der Waals surface area contributed by atoms with Crippen LogP contribution in [0.15, 0.2) is 0 Å². The van der Waals surface area contributed by atoms with Gasteiger partial charge in [0, 0.05) is 19.3 Å². The molecule has 1 atom stereocenters. The molecule has 0 saturated carbocycles. The summed E-state index contributed by atoms with van der Waals surface area (Å²) in [6.07, 6.45) is 42.3. The zero-order valence-corrected chi connectivity index (χ0v) is 38.3. The van der Waals surface area contributed by atoms with Crippen LogP contribution in [0, 0.1) is 11.8 Å². The number of rotatable bonds is 44. The molecule has 0 aromatic rings. The standard InChI is InChI=1S/C50H96O6/c1-6-7-8-9-10-11-12-15-21-27-32-37-42-50(53)56-47(44-55-49(52)41-36-31-26-22-17-19-24-29-34-39-46(4)5)43-54-48(51)40-35-30-25-20-16-13-14-18-23-28-33-38-45(2)3/h45-47H,6-44H2,1-5H3/t47-/m0/s1. The van der Waals surface area contributed by atoms with Crippen molar-refractivity contribution in [2.45, 2.75) is 278 Å². The van der Waals surface area contributed by atoms with Crippen molar-refractivity contribution in [1.29, 1.82) is 0 Å². The van der Waals surface area contributed by atoms with Crippen molar-refractivity contribution in [1.82, 2.24) is 0 Å². The van der Waals surface area contributed by atoms with Gasteiger partial charge >= 0.3 is 17.9 Å². The summed E-state index contributed by atoms with van der Waals surface area (Å²) >= 11 is 0. The maximum Gasteiger partial charge on any atom is 0.306 e. The minimum atomic E-state index is -0.761. The summed E-state index contributed by atoms with van der Waals surface area (Å²) in [7, 11) is 0. The van der Waals surface area contributed by atoms with E-state index in [4.69, 9.17) is 14.2 Å². The van der Waals surface area contributed by atoms with E-state index in [0.29, 0.717) is 19.3 Å². The Labute approximate surface area is 348 Å². The van der Waals surface area contributed by atoms with Crippen molar-refractivity contribution in [3.05, 3.63) is 0 Å². The van der Waals surface area contributed by atoms with Gasteiger partial charge < -0.3 is 14.2 Å². The highest BCUT2D eigenvalue weighted by molar-refractivity contribution is 5.71. The molecule has 332 valence electrons. The van der Waals surface area contributed by atoms with E-state index in [1.807, 2.05) is 0 Å². The molecule has 0 aliphatic heterocycles. The van der Waals surface area contributed by atoms with Gasteiger partial charge in [-0.2, -0.15) is 0 Å². The van der Waals surface area contributed by atoms with Crippen LogP contribution in [0.1, 0.15) is 272 Å². The Balaban J connectivity index is 4.32. The average Bonchev–Trinajstić information content (AvgIpc) is 3.16. The van der Waals surface area contributed by atoms with E-state index < -0.39 is 6.10 Å². The average molecular weight is 793 g/mol. The molecule has 0 aromatic heterocycles. The van der Waals surface area contributed by atoms with Gasteiger partial charge in [0.05, 0.1) is 0 Å². The summed E-state index contributed by atoms with van der Waals surface area (Å²) in [5.41, 5.74) is 0. The van der Waals surface area contributed by atoms with E-state index >= 15 is 0 Å². The molecule has 0 aromatic carbocycles. The van der Waals surface area contributed by atoms with Gasteiger partial charge in [0.15, 0.2) is 6.10 Å². The molecule has 0 radical (unpaired) electrons. The second-order valence-electron chi connectivity index (χ2n) is 18.1. The SMILES string of the molecule is CCCCCCCCCCCCCCC(=O)O[C@@H](COC(=O)CCCCCCCCCCCCCC(C)C)COC(=O)CCCCCCCCCCCC(C)C. The first-order chi connectivity index (χ1) is 27.2. The lowest BCUT2D eigenvalue weighted by Gasteiger charge is -2.18. The number of hydrogen-bond donors (Lipinski definition) is 0. The Morgan fingerprint density at radius 2 is 0.589 bits per heavy atom. The van der Waals surface area contributed by atoms with E-state index in [2.05, 4.69) is 34.6 Å². The number of unbranched alkanes of at least 4 members (excludes halogenated alkanes) is 29. The Morgan fingerprint density at radius 3 is 0.875 bits per heavy atom. The molecule has 0 unspecified atom stereocenters. The summed E-state index contributed by atoms with van der Waals surface area (Å²) in [4.78, 5) is 37.8. The van der Waals surface area contributed by atoms with Crippen LogP contribution in [0.5, 0.6) is 0 Å². The fourth-order valence-electron chi connectivity index (χ4n) is 7.46. The Morgan fingerprint density at radius 1 is 0.339 bits per heavy atom. The van der Waals surface area contributed by atoms with Gasteiger partial charge in [0.2, 0.25) is 0 Å². The zero-order chi connectivity index (χ0) is 41.2. The van der Waals surface area contributed by atoms with Crippen molar-refractivity contribution < 1.29 is 28.6 Å². The molecule has 0 spiro atoms. The van der Waals surface area contributed by atoms with Crippen LogP contribution >= 0.6 is 0 Å². The second kappa shape index (κ2) is 43.0. The predicted molar refractivity (Wildman–Crippen MR) is 238 cm³/mol. The van der Waals surface area contributed by atoms with E-state index in [1.54, 1.807) is 0 Å². The summed E-state index contributed by atoms with van der Waals surface area (Å²) in [5, 5.41) is 0. The third kappa shape index (κ3) is 43.5. The van der Waals surface area contributed by atoms with Crippen LogP contribution in [0.3, 0.4) is 0 Å². The van der Waals surface area contributed by atoms with Gasteiger partial charge in [-0.05, 0) is 31.1 Å². The van der Waals surface area contributed by atoms with E-state index in [-0.39, 0.29) is 31.1 Å². The molecular weight excluding hydrogens is 697 g/mol. The lowest BCUT2D eigenvalue weighted by molar-refractivity contribution is -0.167. The van der Waals surface area contributed by atoms with E-state index in [9.17, 15) is 14.4 Å². The van der Waals surface area contributed by atoms with Crippen molar-refractivity contribution in [2.75, 3.05) is 13.2 Å². The van der Waals surface area contributed by atoms with E-state index in [0.717, 1.165) is 69.6 Å². The van der Waals surface area contributed by atoms with Crippen LogP contribution in [0.4, 0.5) is 0 Å². The highest BCUT2D eigenvalue weighted by atomic mass is 16.6. The molecule has 0 N–H and O–H groups in total. The minimum Gasteiger partial charge on any atom is -0.462 e. The highest BCUT2D eigenvalue weighted by Crippen LogP contribution is 2.17. The number of esters is 3. The van der Waals surface area contributed by atoms with Crippen molar-refractivity contribution in [3.63, 3.8) is 0 Å². The smallest absolute Gasteiger partial charge is 0.306 e. The summed E-state index contributed by atoms with van der Waals surface area (Å²) < 4.78 is 16.8. The molecule has 56 heavy (non-hydrogen) atoms. The van der Waals surface area contributed by atoms with Gasteiger partial charge in [-0.25, -0.2) is 0 Å². The summed E-state index contributed by atoms with van der Waals surface area (Å²) in [5.74, 6) is 0.783. The molecule has 0 aliphatic rings. The fraction of sp³-hybridized carbons (Fsp3) is 0.940. The maximum atomic E-state index is 12.7.